The fourth-order valence-corrected chi connectivity index (χ4v) is 2.69. The van der Waals surface area contributed by atoms with E-state index in [0.29, 0.717) is 11.3 Å². The lowest BCUT2D eigenvalue weighted by Crippen LogP contribution is -2.42. The number of hydrogen-bond acceptors (Lipinski definition) is 2. The molecular weight excluding hydrogens is 238 g/mol. The number of hydrogen-bond donors (Lipinski definition) is 1. The van der Waals surface area contributed by atoms with Crippen LogP contribution in [0.2, 0.25) is 0 Å². The van der Waals surface area contributed by atoms with Crippen LogP contribution in [0.3, 0.4) is 0 Å². The normalized spacial score (nSPS) is 24.6. The molecule has 0 spiro atoms. The molecule has 1 saturated carbocycles. The second-order valence-electron chi connectivity index (χ2n) is 4.71. The molecule has 4 heteroatoms. The van der Waals surface area contributed by atoms with Gasteiger partial charge >= 0.3 is 0 Å². The third-order valence-electron chi connectivity index (χ3n) is 3.28. The lowest BCUT2D eigenvalue weighted by molar-refractivity contribution is 0.0927. The summed E-state index contributed by atoms with van der Waals surface area (Å²) in [6.07, 6.45) is 4.24. The van der Waals surface area contributed by atoms with Crippen molar-refractivity contribution in [2.75, 3.05) is 0 Å². The van der Waals surface area contributed by atoms with Crippen LogP contribution in [0, 0.1) is 13.8 Å². The Balaban J connectivity index is 2.03. The molecule has 94 valence electrons. The van der Waals surface area contributed by atoms with Crippen LogP contribution in [0.25, 0.3) is 0 Å². The molecular formula is C13H18ClNO2. The van der Waals surface area contributed by atoms with Gasteiger partial charge in [0.05, 0.1) is 10.9 Å². The van der Waals surface area contributed by atoms with Crippen LogP contribution in [-0.4, -0.2) is 17.3 Å². The first-order valence-corrected chi connectivity index (χ1v) is 6.53. The Kier molecular flexibility index (Phi) is 3.77. The summed E-state index contributed by atoms with van der Waals surface area (Å²) in [7, 11) is 0. The van der Waals surface area contributed by atoms with E-state index < -0.39 is 0 Å². The van der Waals surface area contributed by atoms with Gasteiger partial charge in [0.1, 0.15) is 11.5 Å². The molecule has 1 aliphatic carbocycles. The predicted octanol–water partition coefficient (Wildman–Crippen LogP) is 3.18. The second kappa shape index (κ2) is 5.13. The number of alkyl halides is 1. The van der Waals surface area contributed by atoms with E-state index in [1.807, 2.05) is 6.92 Å². The number of amides is 1. The third kappa shape index (κ3) is 2.83. The Bertz CT molecular complexity index is 414. The highest BCUT2D eigenvalue weighted by Crippen LogP contribution is 2.23. The summed E-state index contributed by atoms with van der Waals surface area (Å²) in [6.45, 7) is 3.65. The van der Waals surface area contributed by atoms with Crippen molar-refractivity contribution in [2.45, 2.75) is 50.9 Å². The van der Waals surface area contributed by atoms with Crippen molar-refractivity contribution in [1.29, 1.82) is 0 Å². The highest BCUT2D eigenvalue weighted by Gasteiger charge is 2.26. The van der Waals surface area contributed by atoms with E-state index in [4.69, 9.17) is 16.0 Å². The topological polar surface area (TPSA) is 42.2 Å². The first-order chi connectivity index (χ1) is 8.08. The van der Waals surface area contributed by atoms with Crippen molar-refractivity contribution in [1.82, 2.24) is 5.32 Å². The van der Waals surface area contributed by atoms with Gasteiger partial charge in [-0.3, -0.25) is 4.79 Å². The number of rotatable bonds is 2. The van der Waals surface area contributed by atoms with Crippen molar-refractivity contribution in [2.24, 2.45) is 0 Å². The highest BCUT2D eigenvalue weighted by molar-refractivity contribution is 6.21. The van der Waals surface area contributed by atoms with E-state index in [2.05, 4.69) is 5.32 Å². The van der Waals surface area contributed by atoms with Gasteiger partial charge in [0, 0.05) is 6.04 Å². The Labute approximate surface area is 107 Å². The lowest BCUT2D eigenvalue weighted by Gasteiger charge is -2.27. The molecule has 3 nitrogen and oxygen atoms in total. The maximum atomic E-state index is 12.1. The number of furan rings is 1. The van der Waals surface area contributed by atoms with E-state index >= 15 is 0 Å². The molecule has 0 radical (unpaired) electrons. The molecule has 1 heterocycles. The number of nitrogens with one attached hydrogen (secondary N) is 1. The minimum Gasteiger partial charge on any atom is -0.466 e. The van der Waals surface area contributed by atoms with Gasteiger partial charge in [-0.1, -0.05) is 12.8 Å². The largest absolute Gasteiger partial charge is 0.466 e. The minimum absolute atomic E-state index is 0.0565. The van der Waals surface area contributed by atoms with Crippen molar-refractivity contribution in [3.63, 3.8) is 0 Å². The summed E-state index contributed by atoms with van der Waals surface area (Å²) in [5.74, 6) is 1.36. The van der Waals surface area contributed by atoms with Gasteiger partial charge < -0.3 is 9.73 Å². The first-order valence-electron chi connectivity index (χ1n) is 6.10. The van der Waals surface area contributed by atoms with Gasteiger partial charge in [-0.2, -0.15) is 0 Å². The molecule has 2 atom stereocenters. The van der Waals surface area contributed by atoms with Gasteiger partial charge in [-0.25, -0.2) is 0 Å². The highest BCUT2D eigenvalue weighted by atomic mass is 35.5. The number of carbonyl (C=O) groups excluding carboxylic acids is 1. The van der Waals surface area contributed by atoms with Gasteiger partial charge in [-0.15, -0.1) is 11.6 Å². The van der Waals surface area contributed by atoms with Crippen molar-refractivity contribution in [3.05, 3.63) is 23.2 Å². The zero-order chi connectivity index (χ0) is 12.4. The monoisotopic (exact) mass is 255 g/mol. The molecule has 0 aliphatic heterocycles. The molecule has 1 fully saturated rings. The minimum atomic E-state index is -0.0723. The van der Waals surface area contributed by atoms with E-state index in [1.54, 1.807) is 13.0 Å². The Morgan fingerprint density at radius 2 is 2.12 bits per heavy atom. The molecule has 0 aromatic carbocycles. The Morgan fingerprint density at radius 3 is 2.71 bits per heavy atom. The SMILES string of the molecule is Cc1cc(C(=O)NC2CCCCC2Cl)c(C)o1. The maximum absolute atomic E-state index is 12.1. The first kappa shape index (κ1) is 12.5. The fourth-order valence-electron chi connectivity index (χ4n) is 2.35. The van der Waals surface area contributed by atoms with Crippen LogP contribution in [0.5, 0.6) is 0 Å². The van der Waals surface area contributed by atoms with Crippen molar-refractivity contribution in [3.8, 4) is 0 Å². The zero-order valence-corrected chi connectivity index (χ0v) is 11.0. The average Bonchev–Trinajstić information content (AvgIpc) is 2.61. The zero-order valence-electron chi connectivity index (χ0n) is 10.3. The average molecular weight is 256 g/mol. The molecule has 1 aromatic heterocycles. The van der Waals surface area contributed by atoms with Crippen LogP contribution in [0.1, 0.15) is 47.6 Å². The Morgan fingerprint density at radius 1 is 1.41 bits per heavy atom. The lowest BCUT2D eigenvalue weighted by atomic mass is 9.94. The van der Waals surface area contributed by atoms with E-state index in [1.165, 1.54) is 0 Å². The van der Waals surface area contributed by atoms with Crippen LogP contribution in [0.4, 0.5) is 0 Å². The van der Waals surface area contributed by atoms with Gasteiger partial charge in [0.25, 0.3) is 5.91 Å². The van der Waals surface area contributed by atoms with Gasteiger partial charge in [-0.05, 0) is 32.8 Å². The maximum Gasteiger partial charge on any atom is 0.255 e. The second-order valence-corrected chi connectivity index (χ2v) is 5.27. The van der Waals surface area contributed by atoms with Crippen molar-refractivity contribution < 1.29 is 9.21 Å². The smallest absolute Gasteiger partial charge is 0.255 e. The van der Waals surface area contributed by atoms with Gasteiger partial charge in [0.15, 0.2) is 0 Å². The molecule has 17 heavy (non-hydrogen) atoms. The summed E-state index contributed by atoms with van der Waals surface area (Å²) in [4.78, 5) is 12.1. The van der Waals surface area contributed by atoms with E-state index in [0.717, 1.165) is 31.4 Å². The third-order valence-corrected chi connectivity index (χ3v) is 3.81. The standard InChI is InChI=1S/C13H18ClNO2/c1-8-7-10(9(2)17-8)13(16)15-12-6-4-3-5-11(12)14/h7,11-12H,3-6H2,1-2H3,(H,15,16). The van der Waals surface area contributed by atoms with Crippen LogP contribution >= 0.6 is 11.6 Å². The van der Waals surface area contributed by atoms with Crippen LogP contribution < -0.4 is 5.32 Å². The summed E-state index contributed by atoms with van der Waals surface area (Å²) in [5.41, 5.74) is 0.622. The summed E-state index contributed by atoms with van der Waals surface area (Å²) < 4.78 is 5.36. The number of halogens is 1. The molecule has 0 bridgehead atoms. The van der Waals surface area contributed by atoms with Crippen LogP contribution in [-0.2, 0) is 0 Å². The van der Waals surface area contributed by atoms with Crippen molar-refractivity contribution >= 4 is 17.5 Å². The number of carbonyl (C=O) groups is 1. The molecule has 2 rings (SSSR count). The molecule has 0 saturated heterocycles. The summed E-state index contributed by atoms with van der Waals surface area (Å²) in [6, 6.07) is 1.86. The molecule has 1 amide bonds. The van der Waals surface area contributed by atoms with E-state index in [9.17, 15) is 4.79 Å². The van der Waals surface area contributed by atoms with E-state index in [-0.39, 0.29) is 17.3 Å². The molecule has 1 N–H and O–H groups in total. The Hall–Kier alpha value is -0.960. The predicted molar refractivity (Wildman–Crippen MR) is 67.5 cm³/mol. The molecule has 1 aromatic rings. The number of aryl methyl sites for hydroxylation is 2. The quantitative estimate of drug-likeness (QED) is 0.825. The fraction of sp³-hybridized carbons (Fsp3) is 0.615. The molecule has 1 aliphatic rings. The molecule has 2 unspecified atom stereocenters. The van der Waals surface area contributed by atoms with Gasteiger partial charge in [0.2, 0.25) is 0 Å². The summed E-state index contributed by atoms with van der Waals surface area (Å²) in [5, 5.41) is 3.06. The van der Waals surface area contributed by atoms with Crippen LogP contribution in [0.15, 0.2) is 10.5 Å². The summed E-state index contributed by atoms with van der Waals surface area (Å²) >= 11 is 6.22.